The van der Waals surface area contributed by atoms with E-state index in [-0.39, 0.29) is 16.7 Å². The highest BCUT2D eigenvalue weighted by Gasteiger charge is 2.18. The second-order valence-corrected chi connectivity index (χ2v) is 7.68. The third-order valence-corrected chi connectivity index (χ3v) is 5.41. The lowest BCUT2D eigenvalue weighted by Crippen LogP contribution is -2.14. The van der Waals surface area contributed by atoms with Crippen LogP contribution in [-0.4, -0.2) is 20.7 Å². The molecule has 0 aliphatic rings. The molecule has 9 heteroatoms. The lowest BCUT2D eigenvalue weighted by Gasteiger charge is -2.13. The second kappa shape index (κ2) is 8.58. The Morgan fingerprint density at radius 2 is 2.22 bits per heavy atom. The van der Waals surface area contributed by atoms with Crippen LogP contribution < -0.4 is 5.73 Å². The summed E-state index contributed by atoms with van der Waals surface area (Å²) in [7, 11) is 0. The maximum atomic E-state index is 13.4. The minimum absolute atomic E-state index is 0.0355. The molecule has 0 spiro atoms. The third kappa shape index (κ3) is 4.90. The average Bonchev–Trinajstić information content (AvgIpc) is 3.27. The molecule has 2 N–H and O–H groups in total. The molecule has 3 rings (SSSR count). The number of rotatable bonds is 8. The van der Waals surface area contributed by atoms with Crippen molar-refractivity contribution in [1.82, 2.24) is 14.8 Å². The number of halogens is 2. The van der Waals surface area contributed by atoms with Crippen LogP contribution in [0.4, 0.5) is 4.39 Å². The van der Waals surface area contributed by atoms with Crippen molar-refractivity contribution in [2.75, 3.05) is 0 Å². The van der Waals surface area contributed by atoms with Crippen LogP contribution in [0.5, 0.6) is 0 Å². The van der Waals surface area contributed by atoms with Gasteiger partial charge in [-0.1, -0.05) is 29.4 Å². The molecule has 0 bridgehead atoms. The van der Waals surface area contributed by atoms with Gasteiger partial charge in [-0.15, -0.1) is 10.2 Å². The van der Waals surface area contributed by atoms with E-state index >= 15 is 0 Å². The van der Waals surface area contributed by atoms with Crippen LogP contribution >= 0.6 is 23.4 Å². The average molecular weight is 409 g/mol. The number of aromatic nitrogens is 3. The number of hydrogen-bond acceptors (Lipinski definition) is 5. The molecule has 0 radical (unpaired) electrons. The van der Waals surface area contributed by atoms with Crippen LogP contribution in [0.25, 0.3) is 0 Å². The molecule has 0 fully saturated rings. The highest BCUT2D eigenvalue weighted by molar-refractivity contribution is 7.99. The molecule has 1 amide bonds. The van der Waals surface area contributed by atoms with Crippen molar-refractivity contribution in [3.05, 3.63) is 64.6 Å². The number of carbonyl (C=O) groups excluding carboxylic acids is 1. The number of benzene rings is 1. The number of nitrogens with two attached hydrogens (primary N) is 1. The van der Waals surface area contributed by atoms with Gasteiger partial charge in [0, 0.05) is 18.1 Å². The monoisotopic (exact) mass is 408 g/mol. The summed E-state index contributed by atoms with van der Waals surface area (Å²) < 4.78 is 20.7. The molecule has 1 aromatic carbocycles. The fourth-order valence-electron chi connectivity index (χ4n) is 2.53. The summed E-state index contributed by atoms with van der Waals surface area (Å²) in [6, 6.07) is 8.31. The van der Waals surface area contributed by atoms with Crippen molar-refractivity contribution in [3.8, 4) is 0 Å². The van der Waals surface area contributed by atoms with Gasteiger partial charge < -0.3 is 10.2 Å². The zero-order valence-corrected chi connectivity index (χ0v) is 16.1. The van der Waals surface area contributed by atoms with E-state index in [2.05, 4.69) is 10.2 Å². The Balaban J connectivity index is 1.84. The molecule has 2 aromatic heterocycles. The van der Waals surface area contributed by atoms with Crippen molar-refractivity contribution in [3.63, 3.8) is 0 Å². The van der Waals surface area contributed by atoms with E-state index < -0.39 is 11.7 Å². The molecule has 1 atom stereocenters. The predicted octanol–water partition coefficient (Wildman–Crippen LogP) is 3.98. The van der Waals surface area contributed by atoms with Gasteiger partial charge in [-0.3, -0.25) is 9.36 Å². The summed E-state index contributed by atoms with van der Waals surface area (Å²) in [5, 5.41) is 9.17. The van der Waals surface area contributed by atoms with Crippen LogP contribution in [-0.2, 0) is 17.8 Å². The maximum Gasteiger partial charge on any atom is 0.217 e. The highest BCUT2D eigenvalue weighted by atomic mass is 35.5. The Kier molecular flexibility index (Phi) is 6.18. The summed E-state index contributed by atoms with van der Waals surface area (Å²) >= 11 is 7.35. The van der Waals surface area contributed by atoms with Crippen molar-refractivity contribution in [2.24, 2.45) is 5.73 Å². The Hall–Kier alpha value is -2.32. The Morgan fingerprint density at radius 3 is 2.89 bits per heavy atom. The van der Waals surface area contributed by atoms with Crippen molar-refractivity contribution < 1.29 is 13.6 Å². The SMILES string of the molecule is CC(Sc1nnc(CCC(N)=O)n1Cc1ccco1)c1ccc(F)c(Cl)c1. The maximum absolute atomic E-state index is 13.4. The second-order valence-electron chi connectivity index (χ2n) is 5.96. The first-order valence-electron chi connectivity index (χ1n) is 8.28. The van der Waals surface area contributed by atoms with E-state index in [1.54, 1.807) is 24.5 Å². The van der Waals surface area contributed by atoms with Crippen LogP contribution in [0, 0.1) is 5.82 Å². The molecule has 1 unspecified atom stereocenters. The quantitative estimate of drug-likeness (QED) is 0.569. The Bertz CT molecular complexity index is 930. The number of nitrogens with zero attached hydrogens (tertiary/aromatic N) is 3. The van der Waals surface area contributed by atoms with Gasteiger partial charge in [0.2, 0.25) is 5.91 Å². The van der Waals surface area contributed by atoms with E-state index in [9.17, 15) is 9.18 Å². The van der Waals surface area contributed by atoms with Crippen molar-refractivity contribution in [2.45, 2.75) is 36.7 Å². The standard InChI is InChI=1S/C18H18ClFN4O2S/c1-11(12-4-5-15(20)14(19)9-12)27-18-23-22-17(7-6-16(21)25)24(18)10-13-3-2-8-26-13/h2-5,8-9,11H,6-7,10H2,1H3,(H2,21,25). The molecule has 0 aliphatic carbocycles. The number of thioether (sulfide) groups is 1. The van der Waals surface area contributed by atoms with Gasteiger partial charge in [0.15, 0.2) is 5.16 Å². The fourth-order valence-corrected chi connectivity index (χ4v) is 3.71. The largest absolute Gasteiger partial charge is 0.467 e. The number of furan rings is 1. The van der Waals surface area contributed by atoms with Gasteiger partial charge in [-0.2, -0.15) is 0 Å². The van der Waals surface area contributed by atoms with E-state index in [0.29, 0.717) is 23.9 Å². The minimum Gasteiger partial charge on any atom is -0.467 e. The lowest BCUT2D eigenvalue weighted by atomic mass is 10.2. The van der Waals surface area contributed by atoms with E-state index in [0.717, 1.165) is 11.3 Å². The lowest BCUT2D eigenvalue weighted by molar-refractivity contribution is -0.118. The van der Waals surface area contributed by atoms with Gasteiger partial charge in [0.05, 0.1) is 17.8 Å². The molecule has 3 aromatic rings. The third-order valence-electron chi connectivity index (χ3n) is 3.98. The van der Waals surface area contributed by atoms with E-state index in [1.807, 2.05) is 17.6 Å². The van der Waals surface area contributed by atoms with E-state index in [1.165, 1.54) is 17.8 Å². The first-order valence-corrected chi connectivity index (χ1v) is 9.54. The van der Waals surface area contributed by atoms with Gasteiger partial charge in [-0.05, 0) is 36.8 Å². The van der Waals surface area contributed by atoms with Crippen LogP contribution in [0.3, 0.4) is 0 Å². The molecule has 27 heavy (non-hydrogen) atoms. The number of carbonyl (C=O) groups is 1. The predicted molar refractivity (Wildman–Crippen MR) is 101 cm³/mol. The fraction of sp³-hybridized carbons (Fsp3) is 0.278. The van der Waals surface area contributed by atoms with E-state index in [4.69, 9.17) is 21.8 Å². The topological polar surface area (TPSA) is 86.9 Å². The highest BCUT2D eigenvalue weighted by Crippen LogP contribution is 2.35. The molecular formula is C18H18ClFN4O2S. The molecule has 142 valence electrons. The van der Waals surface area contributed by atoms with Gasteiger partial charge in [0.1, 0.15) is 17.4 Å². The molecule has 2 heterocycles. The summed E-state index contributed by atoms with van der Waals surface area (Å²) in [4.78, 5) is 11.1. The van der Waals surface area contributed by atoms with Crippen LogP contribution in [0.1, 0.15) is 35.7 Å². The van der Waals surface area contributed by atoms with Gasteiger partial charge in [-0.25, -0.2) is 4.39 Å². The summed E-state index contributed by atoms with van der Waals surface area (Å²) in [5.41, 5.74) is 6.13. The first-order chi connectivity index (χ1) is 12.9. The van der Waals surface area contributed by atoms with Crippen molar-refractivity contribution >= 4 is 29.3 Å². The summed E-state index contributed by atoms with van der Waals surface area (Å²) in [5.74, 6) is 0.546. The molecule has 0 saturated heterocycles. The summed E-state index contributed by atoms with van der Waals surface area (Å²) in [6.45, 7) is 2.41. The van der Waals surface area contributed by atoms with Crippen LogP contribution in [0.2, 0.25) is 5.02 Å². The molecule has 6 nitrogen and oxygen atoms in total. The number of primary amides is 1. The normalized spacial score (nSPS) is 12.3. The van der Waals surface area contributed by atoms with Gasteiger partial charge in [0.25, 0.3) is 0 Å². The first kappa shape index (κ1) is 19.4. The number of amides is 1. The minimum atomic E-state index is -0.452. The molecular weight excluding hydrogens is 391 g/mol. The Morgan fingerprint density at radius 1 is 1.41 bits per heavy atom. The molecule has 0 aliphatic heterocycles. The smallest absolute Gasteiger partial charge is 0.217 e. The van der Waals surface area contributed by atoms with Crippen molar-refractivity contribution in [1.29, 1.82) is 0 Å². The number of hydrogen-bond donors (Lipinski definition) is 1. The van der Waals surface area contributed by atoms with Gasteiger partial charge >= 0.3 is 0 Å². The zero-order chi connectivity index (χ0) is 19.4. The Labute approximate surface area is 164 Å². The zero-order valence-electron chi connectivity index (χ0n) is 14.6. The summed E-state index contributed by atoms with van der Waals surface area (Å²) in [6.07, 6.45) is 2.17. The van der Waals surface area contributed by atoms with Crippen LogP contribution in [0.15, 0.2) is 46.2 Å². The molecule has 0 saturated carbocycles. The number of aryl methyl sites for hydroxylation is 1.